The zero-order chi connectivity index (χ0) is 19.8. The second kappa shape index (κ2) is 15.8. The van der Waals surface area contributed by atoms with E-state index >= 15 is 0 Å². The Morgan fingerprint density at radius 3 is 1.76 bits per heavy atom. The Kier molecular flexibility index (Phi) is 16.1. The van der Waals surface area contributed by atoms with Gasteiger partial charge in [0.05, 0.1) is 19.8 Å². The van der Waals surface area contributed by atoms with Crippen LogP contribution in [0.4, 0.5) is 0 Å². The van der Waals surface area contributed by atoms with Gasteiger partial charge in [0.2, 0.25) is 0 Å². The lowest BCUT2D eigenvalue weighted by atomic mass is 10.3. The van der Waals surface area contributed by atoms with E-state index in [1.54, 1.807) is 7.11 Å². The van der Waals surface area contributed by atoms with Gasteiger partial charge < -0.3 is 33.9 Å². The highest BCUT2D eigenvalue weighted by atomic mass is 16.6. The molecule has 10 heteroatoms. The molecule has 0 radical (unpaired) electrons. The van der Waals surface area contributed by atoms with E-state index in [4.69, 9.17) is 10.2 Å². The maximum atomic E-state index is 10.7. The number of rotatable bonds is 6. The Balaban J connectivity index is 0. The minimum absolute atomic E-state index is 0.122. The second-order valence-corrected chi connectivity index (χ2v) is 4.71. The first-order valence-corrected chi connectivity index (χ1v) is 7.55. The van der Waals surface area contributed by atoms with Crippen molar-refractivity contribution in [2.24, 2.45) is 0 Å². The Morgan fingerprint density at radius 2 is 1.48 bits per heavy atom. The van der Waals surface area contributed by atoms with Gasteiger partial charge in [-0.1, -0.05) is 0 Å². The third-order valence-electron chi connectivity index (χ3n) is 2.42. The molecule has 1 fully saturated rings. The Bertz CT molecular complexity index is 361. The molecule has 1 saturated heterocycles. The number of carbonyl (C=O) groups excluding carboxylic acids is 3. The molecule has 0 aromatic heterocycles. The van der Waals surface area contributed by atoms with Gasteiger partial charge in [0, 0.05) is 14.2 Å². The number of aliphatic hydroxyl groups excluding tert-OH is 2. The van der Waals surface area contributed by atoms with E-state index in [1.165, 1.54) is 27.9 Å². The molecule has 2 N–H and O–H groups in total. The SMILES string of the molecule is CC1OC(=O)C(C)OC1=O.COCCO.COCCOC(=O)C(C)O. The highest BCUT2D eigenvalue weighted by Crippen LogP contribution is 2.08. The topological polar surface area (TPSA) is 138 Å². The quantitative estimate of drug-likeness (QED) is 0.343. The summed E-state index contributed by atoms with van der Waals surface area (Å²) in [5.41, 5.74) is 0. The van der Waals surface area contributed by atoms with Gasteiger partial charge in [0.15, 0.2) is 12.2 Å². The summed E-state index contributed by atoms with van der Waals surface area (Å²) in [4.78, 5) is 31.8. The van der Waals surface area contributed by atoms with Crippen LogP contribution in [0.15, 0.2) is 0 Å². The minimum atomic E-state index is -1.04. The zero-order valence-electron chi connectivity index (χ0n) is 15.2. The van der Waals surface area contributed by atoms with Crippen LogP contribution in [0.25, 0.3) is 0 Å². The molecule has 0 amide bonds. The molecule has 0 aromatic carbocycles. The van der Waals surface area contributed by atoms with Gasteiger partial charge in [-0.05, 0) is 20.8 Å². The van der Waals surface area contributed by atoms with Gasteiger partial charge in [-0.3, -0.25) is 0 Å². The van der Waals surface area contributed by atoms with Crippen LogP contribution in [0, 0.1) is 0 Å². The largest absolute Gasteiger partial charge is 0.461 e. The van der Waals surface area contributed by atoms with Gasteiger partial charge in [0.25, 0.3) is 0 Å². The molecular weight excluding hydrogens is 340 g/mol. The molecule has 25 heavy (non-hydrogen) atoms. The lowest BCUT2D eigenvalue weighted by Crippen LogP contribution is -2.40. The molecule has 0 saturated carbocycles. The van der Waals surface area contributed by atoms with Crippen LogP contribution in [-0.2, 0) is 38.1 Å². The first kappa shape index (κ1) is 25.5. The van der Waals surface area contributed by atoms with Gasteiger partial charge in [-0.2, -0.15) is 0 Å². The average Bonchev–Trinajstić information content (AvgIpc) is 2.55. The van der Waals surface area contributed by atoms with E-state index in [0.717, 1.165) is 0 Å². The predicted molar refractivity (Wildman–Crippen MR) is 84.6 cm³/mol. The van der Waals surface area contributed by atoms with Gasteiger partial charge in [-0.25, -0.2) is 14.4 Å². The summed E-state index contributed by atoms with van der Waals surface area (Å²) in [6, 6.07) is 0. The number of hydrogen-bond donors (Lipinski definition) is 2. The number of methoxy groups -OCH3 is 2. The summed E-state index contributed by atoms with van der Waals surface area (Å²) < 4.78 is 22.8. The highest BCUT2D eigenvalue weighted by Gasteiger charge is 2.32. The van der Waals surface area contributed by atoms with Crippen LogP contribution in [0.5, 0.6) is 0 Å². The van der Waals surface area contributed by atoms with Crippen molar-refractivity contribution in [1.29, 1.82) is 0 Å². The van der Waals surface area contributed by atoms with Crippen LogP contribution in [0.3, 0.4) is 0 Å². The standard InChI is InChI=1S/C6H8O4.C6H12O4.C3H8O2/c1-3-5(7)10-4(2)6(8)9-3;1-5(7)6(8)10-4-3-9-2;1-5-3-2-4/h3-4H,1-2H3;5,7H,3-4H2,1-2H3;4H,2-3H2,1H3. The fourth-order valence-electron chi connectivity index (χ4n) is 1.07. The number of cyclic esters (lactones) is 2. The molecule has 3 atom stereocenters. The molecule has 148 valence electrons. The van der Waals surface area contributed by atoms with Crippen molar-refractivity contribution in [3.05, 3.63) is 0 Å². The summed E-state index contributed by atoms with van der Waals surface area (Å²) in [6.45, 7) is 5.43. The smallest absolute Gasteiger partial charge is 0.347 e. The van der Waals surface area contributed by atoms with Crippen LogP contribution >= 0.6 is 0 Å². The van der Waals surface area contributed by atoms with Crippen molar-refractivity contribution in [2.75, 3.05) is 40.6 Å². The number of esters is 3. The molecule has 1 aliphatic rings. The Hall–Kier alpha value is -1.75. The first-order chi connectivity index (χ1) is 11.7. The fourth-order valence-corrected chi connectivity index (χ4v) is 1.07. The molecule has 0 spiro atoms. The normalized spacial score (nSPS) is 20.0. The third kappa shape index (κ3) is 14.3. The summed E-state index contributed by atoms with van der Waals surface area (Å²) in [6.07, 6.45) is -2.54. The van der Waals surface area contributed by atoms with E-state index in [-0.39, 0.29) is 13.2 Å². The summed E-state index contributed by atoms with van der Waals surface area (Å²) >= 11 is 0. The fraction of sp³-hybridized carbons (Fsp3) is 0.800. The molecule has 1 rings (SSSR count). The van der Waals surface area contributed by atoms with Gasteiger partial charge >= 0.3 is 17.9 Å². The average molecular weight is 368 g/mol. The molecule has 10 nitrogen and oxygen atoms in total. The van der Waals surface area contributed by atoms with E-state index in [0.29, 0.717) is 13.2 Å². The highest BCUT2D eigenvalue weighted by molar-refractivity contribution is 5.86. The molecule has 0 aromatic rings. The first-order valence-electron chi connectivity index (χ1n) is 7.55. The number of ether oxygens (including phenoxy) is 5. The van der Waals surface area contributed by atoms with Gasteiger partial charge in [0.1, 0.15) is 12.7 Å². The monoisotopic (exact) mass is 368 g/mol. The molecule has 1 aliphatic heterocycles. The van der Waals surface area contributed by atoms with E-state index in [9.17, 15) is 14.4 Å². The Morgan fingerprint density at radius 1 is 1.04 bits per heavy atom. The van der Waals surface area contributed by atoms with Crippen LogP contribution in [0.1, 0.15) is 20.8 Å². The van der Waals surface area contributed by atoms with E-state index in [1.807, 2.05) is 0 Å². The maximum absolute atomic E-state index is 10.7. The van der Waals surface area contributed by atoms with Crippen molar-refractivity contribution in [3.8, 4) is 0 Å². The number of aliphatic hydroxyl groups is 2. The summed E-state index contributed by atoms with van der Waals surface area (Å²) in [7, 11) is 3.06. The molecule has 1 heterocycles. The number of carbonyl (C=O) groups is 3. The van der Waals surface area contributed by atoms with Crippen molar-refractivity contribution in [2.45, 2.75) is 39.1 Å². The third-order valence-corrected chi connectivity index (χ3v) is 2.42. The lowest BCUT2D eigenvalue weighted by Gasteiger charge is -2.22. The molecule has 3 unspecified atom stereocenters. The maximum Gasteiger partial charge on any atom is 0.347 e. The van der Waals surface area contributed by atoms with Crippen molar-refractivity contribution in [1.82, 2.24) is 0 Å². The van der Waals surface area contributed by atoms with Crippen molar-refractivity contribution >= 4 is 17.9 Å². The second-order valence-electron chi connectivity index (χ2n) is 4.71. The van der Waals surface area contributed by atoms with E-state index < -0.39 is 36.2 Å². The predicted octanol–water partition coefficient (Wildman–Crippen LogP) is -0.955. The summed E-state index contributed by atoms with van der Waals surface area (Å²) in [5, 5.41) is 16.5. The Labute approximate surface area is 146 Å². The van der Waals surface area contributed by atoms with E-state index in [2.05, 4.69) is 23.7 Å². The molecular formula is C15H28O10. The van der Waals surface area contributed by atoms with Crippen molar-refractivity contribution < 1.29 is 48.3 Å². The van der Waals surface area contributed by atoms with Gasteiger partial charge in [-0.15, -0.1) is 0 Å². The zero-order valence-corrected chi connectivity index (χ0v) is 15.2. The molecule has 0 aliphatic carbocycles. The lowest BCUT2D eigenvalue weighted by molar-refractivity contribution is -0.191. The minimum Gasteiger partial charge on any atom is -0.461 e. The van der Waals surface area contributed by atoms with Crippen molar-refractivity contribution in [3.63, 3.8) is 0 Å². The number of hydrogen-bond acceptors (Lipinski definition) is 10. The summed E-state index contributed by atoms with van der Waals surface area (Å²) in [5.74, 6) is -1.57. The van der Waals surface area contributed by atoms with Crippen LogP contribution in [-0.4, -0.2) is 87.1 Å². The van der Waals surface area contributed by atoms with Crippen LogP contribution in [0.2, 0.25) is 0 Å². The molecule has 0 bridgehead atoms. The van der Waals surface area contributed by atoms with Crippen LogP contribution < -0.4 is 0 Å².